The Morgan fingerprint density at radius 1 is 1.41 bits per heavy atom. The molecule has 0 spiro atoms. The zero-order chi connectivity index (χ0) is 16.3. The second-order valence-electron chi connectivity index (χ2n) is 5.98. The maximum Gasteiger partial charge on any atom is 0.208 e. The molecule has 0 aromatic heterocycles. The number of piperidine rings is 1. The molecule has 1 atom stereocenters. The number of rotatable bonds is 5. The number of aliphatic hydroxyl groups is 1. The first-order valence-electron chi connectivity index (χ1n) is 7.38. The molecule has 1 aliphatic heterocycles. The van der Waals surface area contributed by atoms with E-state index in [0.717, 1.165) is 37.1 Å². The lowest BCUT2D eigenvalue weighted by Crippen LogP contribution is -2.45. The van der Waals surface area contributed by atoms with Crippen molar-refractivity contribution in [1.82, 2.24) is 9.62 Å². The predicted molar refractivity (Wildman–Crippen MR) is 83.5 cm³/mol. The van der Waals surface area contributed by atoms with Crippen LogP contribution in [0.2, 0.25) is 0 Å². The molecule has 2 N–H and O–H groups in total. The van der Waals surface area contributed by atoms with E-state index in [-0.39, 0.29) is 11.9 Å². The SMILES string of the molecule is Cc1cc(F)ccc1C(O)CN1CCC(NS(C)(=O)=O)CC1. The zero-order valence-electron chi connectivity index (χ0n) is 12.9. The van der Waals surface area contributed by atoms with Gasteiger partial charge < -0.3 is 10.0 Å². The maximum absolute atomic E-state index is 13.1. The Morgan fingerprint density at radius 3 is 2.59 bits per heavy atom. The number of nitrogens with one attached hydrogen (secondary N) is 1. The number of hydrogen-bond donors (Lipinski definition) is 2. The van der Waals surface area contributed by atoms with E-state index in [2.05, 4.69) is 9.62 Å². The van der Waals surface area contributed by atoms with Crippen LogP contribution in [-0.4, -0.2) is 50.4 Å². The van der Waals surface area contributed by atoms with Crippen LogP contribution >= 0.6 is 0 Å². The quantitative estimate of drug-likeness (QED) is 0.851. The van der Waals surface area contributed by atoms with E-state index in [1.165, 1.54) is 18.4 Å². The van der Waals surface area contributed by atoms with Gasteiger partial charge in [0.1, 0.15) is 5.82 Å². The molecule has 0 bridgehead atoms. The van der Waals surface area contributed by atoms with Crippen molar-refractivity contribution in [3.8, 4) is 0 Å². The molecule has 0 radical (unpaired) electrons. The zero-order valence-corrected chi connectivity index (χ0v) is 13.7. The number of likely N-dealkylation sites (tertiary alicyclic amines) is 1. The van der Waals surface area contributed by atoms with Crippen LogP contribution < -0.4 is 4.72 Å². The van der Waals surface area contributed by atoms with E-state index in [9.17, 15) is 17.9 Å². The number of aliphatic hydroxyl groups excluding tert-OH is 1. The second kappa shape index (κ2) is 7.04. The van der Waals surface area contributed by atoms with Crippen molar-refractivity contribution in [3.05, 3.63) is 35.1 Å². The summed E-state index contributed by atoms with van der Waals surface area (Å²) in [6.07, 6.45) is 1.95. The number of nitrogens with zero attached hydrogens (tertiary/aromatic N) is 1. The summed E-state index contributed by atoms with van der Waals surface area (Å²) in [7, 11) is -3.17. The van der Waals surface area contributed by atoms with E-state index >= 15 is 0 Å². The number of sulfonamides is 1. The molecule has 1 unspecified atom stereocenters. The maximum atomic E-state index is 13.1. The number of β-amino-alcohol motifs (C(OH)–C–C–N with tert-alkyl or cyclic N) is 1. The molecule has 5 nitrogen and oxygen atoms in total. The lowest BCUT2D eigenvalue weighted by Gasteiger charge is -2.33. The molecule has 1 aromatic carbocycles. The van der Waals surface area contributed by atoms with Gasteiger partial charge in [0.2, 0.25) is 10.0 Å². The molecule has 2 rings (SSSR count). The van der Waals surface area contributed by atoms with Crippen LogP contribution in [-0.2, 0) is 10.0 Å². The summed E-state index contributed by atoms with van der Waals surface area (Å²) in [5.41, 5.74) is 1.47. The molecule has 1 aromatic rings. The molecule has 0 aliphatic carbocycles. The summed E-state index contributed by atoms with van der Waals surface area (Å²) in [6, 6.07) is 4.36. The lowest BCUT2D eigenvalue weighted by molar-refractivity contribution is 0.0959. The van der Waals surface area contributed by atoms with Crippen molar-refractivity contribution in [2.45, 2.75) is 31.9 Å². The molecular formula is C15H23FN2O3S. The monoisotopic (exact) mass is 330 g/mol. The van der Waals surface area contributed by atoms with Crippen LogP contribution in [0, 0.1) is 12.7 Å². The van der Waals surface area contributed by atoms with Gasteiger partial charge in [0.25, 0.3) is 0 Å². The fraction of sp³-hybridized carbons (Fsp3) is 0.600. The Kier molecular flexibility index (Phi) is 5.55. The first-order chi connectivity index (χ1) is 10.2. The molecule has 0 saturated carbocycles. The molecule has 1 heterocycles. The van der Waals surface area contributed by atoms with Crippen LogP contribution in [0.15, 0.2) is 18.2 Å². The summed E-state index contributed by atoms with van der Waals surface area (Å²) in [5.74, 6) is -0.305. The Balaban J connectivity index is 1.87. The molecule has 0 amide bonds. The fourth-order valence-corrected chi connectivity index (χ4v) is 3.73. The van der Waals surface area contributed by atoms with E-state index in [4.69, 9.17) is 0 Å². The standard InChI is InChI=1S/C15H23FN2O3S/c1-11-9-12(16)3-4-14(11)15(19)10-18-7-5-13(6-8-18)17-22(2,20)21/h3-4,9,13,15,17,19H,5-8,10H2,1-2H3. The largest absolute Gasteiger partial charge is 0.387 e. The Bertz CT molecular complexity index is 613. The average molecular weight is 330 g/mol. The number of halogens is 1. The van der Waals surface area contributed by atoms with E-state index < -0.39 is 16.1 Å². The average Bonchev–Trinajstić information content (AvgIpc) is 2.39. The summed E-state index contributed by atoms with van der Waals surface area (Å²) >= 11 is 0. The van der Waals surface area contributed by atoms with Gasteiger partial charge in [-0.25, -0.2) is 17.5 Å². The smallest absolute Gasteiger partial charge is 0.208 e. The van der Waals surface area contributed by atoms with Gasteiger partial charge in [-0.05, 0) is 56.1 Å². The third-order valence-corrected chi connectivity index (χ3v) is 4.75. The molecule has 1 saturated heterocycles. The van der Waals surface area contributed by atoms with E-state index in [1.807, 2.05) is 0 Å². The van der Waals surface area contributed by atoms with Crippen LogP contribution in [0.5, 0.6) is 0 Å². The Morgan fingerprint density at radius 2 is 2.05 bits per heavy atom. The number of hydrogen-bond acceptors (Lipinski definition) is 4. The van der Waals surface area contributed by atoms with Crippen LogP contribution in [0.1, 0.15) is 30.1 Å². The highest BCUT2D eigenvalue weighted by Crippen LogP contribution is 2.21. The molecule has 1 aliphatic rings. The summed E-state index contributed by atoms with van der Waals surface area (Å²) in [4.78, 5) is 2.11. The highest BCUT2D eigenvalue weighted by molar-refractivity contribution is 7.88. The third kappa shape index (κ3) is 5.01. The van der Waals surface area contributed by atoms with Gasteiger partial charge in [-0.1, -0.05) is 6.07 Å². The van der Waals surface area contributed by atoms with Gasteiger partial charge in [-0.2, -0.15) is 0 Å². The topological polar surface area (TPSA) is 69.6 Å². The molecule has 1 fully saturated rings. The summed E-state index contributed by atoms with van der Waals surface area (Å²) in [6.45, 7) is 3.71. The minimum Gasteiger partial charge on any atom is -0.387 e. The third-order valence-electron chi connectivity index (χ3n) is 3.99. The predicted octanol–water partition coefficient (Wildman–Crippen LogP) is 1.18. The minimum absolute atomic E-state index is 0.0315. The van der Waals surface area contributed by atoms with Crippen molar-refractivity contribution in [1.29, 1.82) is 0 Å². The van der Waals surface area contributed by atoms with E-state index in [0.29, 0.717) is 6.54 Å². The van der Waals surface area contributed by atoms with Crippen molar-refractivity contribution in [2.75, 3.05) is 25.9 Å². The summed E-state index contributed by atoms with van der Waals surface area (Å²) < 4.78 is 38.1. The summed E-state index contributed by atoms with van der Waals surface area (Å²) in [5, 5.41) is 10.3. The van der Waals surface area contributed by atoms with Gasteiger partial charge in [-0.15, -0.1) is 0 Å². The van der Waals surface area contributed by atoms with Gasteiger partial charge in [0, 0.05) is 12.6 Å². The minimum atomic E-state index is -3.17. The number of benzene rings is 1. The molecular weight excluding hydrogens is 307 g/mol. The van der Waals surface area contributed by atoms with Crippen molar-refractivity contribution in [2.24, 2.45) is 0 Å². The van der Waals surface area contributed by atoms with E-state index in [1.54, 1.807) is 13.0 Å². The van der Waals surface area contributed by atoms with Crippen molar-refractivity contribution >= 4 is 10.0 Å². The lowest BCUT2D eigenvalue weighted by atomic mass is 10.0. The highest BCUT2D eigenvalue weighted by Gasteiger charge is 2.23. The Hall–Kier alpha value is -1.02. The molecule has 7 heteroatoms. The first kappa shape index (κ1) is 17.3. The van der Waals surface area contributed by atoms with Gasteiger partial charge in [-0.3, -0.25) is 0 Å². The van der Waals surface area contributed by atoms with Gasteiger partial charge in [0.05, 0.1) is 12.4 Å². The first-order valence-corrected chi connectivity index (χ1v) is 9.27. The number of aryl methyl sites for hydroxylation is 1. The van der Waals surface area contributed by atoms with Crippen molar-refractivity contribution in [3.63, 3.8) is 0 Å². The van der Waals surface area contributed by atoms with Gasteiger partial charge >= 0.3 is 0 Å². The van der Waals surface area contributed by atoms with Crippen LogP contribution in [0.4, 0.5) is 4.39 Å². The van der Waals surface area contributed by atoms with Gasteiger partial charge in [0.15, 0.2) is 0 Å². The fourth-order valence-electron chi connectivity index (χ4n) is 2.89. The van der Waals surface area contributed by atoms with Crippen LogP contribution in [0.3, 0.4) is 0 Å². The Labute approximate surface area is 131 Å². The van der Waals surface area contributed by atoms with Crippen LogP contribution in [0.25, 0.3) is 0 Å². The van der Waals surface area contributed by atoms with Crippen molar-refractivity contribution < 1.29 is 17.9 Å². The molecule has 124 valence electrons. The highest BCUT2D eigenvalue weighted by atomic mass is 32.2. The second-order valence-corrected chi connectivity index (χ2v) is 7.76. The molecule has 22 heavy (non-hydrogen) atoms. The normalized spacial score (nSPS) is 19.3.